The number of carbonyl (C=O) groups is 2. The number of nitrogens with zero attached hydrogens (tertiary/aromatic N) is 5. The highest BCUT2D eigenvalue weighted by Crippen LogP contribution is 2.26. The first-order valence-electron chi connectivity index (χ1n) is 10.5. The van der Waals surface area contributed by atoms with Crippen LogP contribution < -0.4 is 10.6 Å². The lowest BCUT2D eigenvalue weighted by Crippen LogP contribution is -2.40. The average Bonchev–Trinajstić information content (AvgIpc) is 3.10. The van der Waals surface area contributed by atoms with E-state index in [-0.39, 0.29) is 36.6 Å². The summed E-state index contributed by atoms with van der Waals surface area (Å²) in [4.78, 5) is 32.9. The quantitative estimate of drug-likeness (QED) is 0.678. The Bertz CT molecular complexity index is 1150. The highest BCUT2D eigenvalue weighted by atomic mass is 19.3. The first kappa shape index (κ1) is 23.5. The van der Waals surface area contributed by atoms with Gasteiger partial charge in [0.05, 0.1) is 30.9 Å². The van der Waals surface area contributed by atoms with Gasteiger partial charge in [-0.15, -0.1) is 0 Å². The molecule has 1 aromatic carbocycles. The molecular formula is C21H22F3N7O3. The van der Waals surface area contributed by atoms with Crippen molar-refractivity contribution in [2.24, 2.45) is 0 Å². The molecule has 0 saturated heterocycles. The predicted molar refractivity (Wildman–Crippen MR) is 112 cm³/mol. The third-order valence-electron chi connectivity index (χ3n) is 5.57. The summed E-state index contributed by atoms with van der Waals surface area (Å²) in [7, 11) is 1.44. The molecule has 180 valence electrons. The lowest BCUT2D eigenvalue weighted by Gasteiger charge is -2.27. The number of benzene rings is 1. The smallest absolute Gasteiger partial charge is 0.320 e. The summed E-state index contributed by atoms with van der Waals surface area (Å²) in [6.45, 7) is 0.225. The number of hydrogen-bond acceptors (Lipinski definition) is 6. The maximum Gasteiger partial charge on any atom is 0.322 e. The molecule has 0 aliphatic carbocycles. The Labute approximate surface area is 192 Å². The maximum atomic E-state index is 13.5. The average molecular weight is 477 g/mol. The third kappa shape index (κ3) is 4.82. The van der Waals surface area contributed by atoms with Crippen LogP contribution in [0.1, 0.15) is 27.3 Å². The van der Waals surface area contributed by atoms with Gasteiger partial charge in [0.2, 0.25) is 0 Å². The summed E-state index contributed by atoms with van der Waals surface area (Å²) >= 11 is 0. The van der Waals surface area contributed by atoms with Crippen LogP contribution in [0.2, 0.25) is 0 Å². The van der Waals surface area contributed by atoms with Crippen molar-refractivity contribution in [3.05, 3.63) is 46.5 Å². The molecule has 0 fully saturated rings. The number of urea groups is 1. The van der Waals surface area contributed by atoms with Crippen molar-refractivity contribution in [3.8, 4) is 6.07 Å². The highest BCUT2D eigenvalue weighted by Gasteiger charge is 2.35. The first-order valence-corrected chi connectivity index (χ1v) is 10.5. The summed E-state index contributed by atoms with van der Waals surface area (Å²) in [5.41, 5.74) is 1.62. The van der Waals surface area contributed by atoms with E-state index in [9.17, 15) is 22.8 Å². The Morgan fingerprint density at radius 2 is 2.21 bits per heavy atom. The van der Waals surface area contributed by atoms with Gasteiger partial charge in [-0.2, -0.15) is 10.4 Å². The van der Waals surface area contributed by atoms with E-state index in [0.29, 0.717) is 24.2 Å². The minimum absolute atomic E-state index is 0.100. The number of aromatic nitrogens is 2. The number of carbonyl (C=O) groups excluding carboxylic acids is 2. The van der Waals surface area contributed by atoms with Crippen LogP contribution in [0, 0.1) is 17.1 Å². The minimum atomic E-state index is -2.50. The lowest BCUT2D eigenvalue weighted by atomic mass is 10.1. The van der Waals surface area contributed by atoms with E-state index in [0.717, 1.165) is 11.1 Å². The molecule has 2 N–H and O–H groups in total. The predicted octanol–water partition coefficient (Wildman–Crippen LogP) is 1.72. The highest BCUT2D eigenvalue weighted by molar-refractivity contribution is 5.94. The van der Waals surface area contributed by atoms with Crippen molar-refractivity contribution in [1.82, 2.24) is 25.1 Å². The molecule has 0 spiro atoms. The summed E-state index contributed by atoms with van der Waals surface area (Å²) in [5.74, 6) is -1.14. The van der Waals surface area contributed by atoms with Crippen LogP contribution in [0.5, 0.6) is 0 Å². The second-order valence-electron chi connectivity index (χ2n) is 7.94. The van der Waals surface area contributed by atoms with Crippen LogP contribution >= 0.6 is 0 Å². The number of halogens is 3. The zero-order valence-electron chi connectivity index (χ0n) is 18.2. The molecule has 3 amide bonds. The van der Waals surface area contributed by atoms with E-state index in [2.05, 4.69) is 15.7 Å². The largest absolute Gasteiger partial charge is 0.322 e. The Morgan fingerprint density at radius 1 is 1.41 bits per heavy atom. The monoisotopic (exact) mass is 477 g/mol. The molecule has 10 nitrogen and oxygen atoms in total. The molecule has 1 unspecified atom stereocenters. The number of anilines is 1. The summed E-state index contributed by atoms with van der Waals surface area (Å²) < 4.78 is 39.9. The van der Waals surface area contributed by atoms with Crippen molar-refractivity contribution >= 4 is 17.6 Å². The number of amides is 3. The zero-order valence-corrected chi connectivity index (χ0v) is 18.2. The fourth-order valence-electron chi connectivity index (χ4n) is 3.96. The SMILES string of the molecule is CN1OC(CNCC(F)F)Cn2nc3c(c2C1=O)CN(C(=O)Nc1ccc(F)c(C#N)c1)CC3. The number of fused-ring (bicyclic) bond motifs is 3. The molecular weight excluding hydrogens is 455 g/mol. The number of nitrogens with one attached hydrogen (secondary N) is 2. The number of hydrogen-bond donors (Lipinski definition) is 2. The Kier molecular flexibility index (Phi) is 6.71. The second-order valence-corrected chi connectivity index (χ2v) is 7.94. The standard InChI is InChI=1S/C21H22F3N7O3/c1-29-20(32)19-15-11-30(21(33)27-13-2-3-16(22)12(6-13)7-25)5-4-17(15)28-31(19)10-14(34-29)8-26-9-18(23)24/h2-3,6,14,18,26H,4-5,8-11H2,1H3,(H,27,33). The minimum Gasteiger partial charge on any atom is -0.320 e. The number of alkyl halides is 2. The van der Waals surface area contributed by atoms with Crippen LogP contribution in [-0.2, 0) is 24.3 Å². The van der Waals surface area contributed by atoms with E-state index in [1.54, 1.807) is 6.07 Å². The van der Waals surface area contributed by atoms with Crippen molar-refractivity contribution in [1.29, 1.82) is 5.26 Å². The molecule has 3 heterocycles. The molecule has 4 rings (SSSR count). The zero-order chi connectivity index (χ0) is 24.4. The normalized spacial score (nSPS) is 17.8. The van der Waals surface area contributed by atoms with Gasteiger partial charge in [-0.1, -0.05) is 0 Å². The summed E-state index contributed by atoms with van der Waals surface area (Å²) in [6, 6.07) is 4.95. The molecule has 13 heteroatoms. The van der Waals surface area contributed by atoms with Gasteiger partial charge in [0.25, 0.3) is 12.3 Å². The third-order valence-corrected chi connectivity index (χ3v) is 5.57. The van der Waals surface area contributed by atoms with Crippen LogP contribution in [-0.4, -0.2) is 70.9 Å². The maximum absolute atomic E-state index is 13.5. The second kappa shape index (κ2) is 9.70. The van der Waals surface area contributed by atoms with Gasteiger partial charge in [0.1, 0.15) is 23.7 Å². The van der Waals surface area contributed by atoms with Crippen LogP contribution in [0.15, 0.2) is 18.2 Å². The van der Waals surface area contributed by atoms with Gasteiger partial charge < -0.3 is 15.5 Å². The fraction of sp³-hybridized carbons (Fsp3) is 0.429. The van der Waals surface area contributed by atoms with E-state index in [1.807, 2.05) is 0 Å². The Hall–Kier alpha value is -3.63. The molecule has 2 aliphatic rings. The van der Waals surface area contributed by atoms with Crippen LogP contribution in [0.25, 0.3) is 0 Å². The molecule has 0 bridgehead atoms. The topological polar surface area (TPSA) is 116 Å². The van der Waals surface area contributed by atoms with E-state index < -0.39 is 36.8 Å². The van der Waals surface area contributed by atoms with Gasteiger partial charge in [0.15, 0.2) is 0 Å². The number of hydroxylamine groups is 2. The van der Waals surface area contributed by atoms with Crippen LogP contribution in [0.4, 0.5) is 23.7 Å². The van der Waals surface area contributed by atoms with E-state index in [1.165, 1.54) is 28.8 Å². The van der Waals surface area contributed by atoms with E-state index in [4.69, 9.17) is 10.1 Å². The molecule has 2 aliphatic heterocycles. The first-order chi connectivity index (χ1) is 16.3. The van der Waals surface area contributed by atoms with Gasteiger partial charge in [-0.25, -0.2) is 23.0 Å². The van der Waals surface area contributed by atoms with Crippen molar-refractivity contribution < 1.29 is 27.6 Å². The van der Waals surface area contributed by atoms with Gasteiger partial charge in [-0.3, -0.25) is 14.3 Å². The molecule has 1 aromatic heterocycles. The van der Waals surface area contributed by atoms with Gasteiger partial charge in [-0.05, 0) is 18.2 Å². The summed E-state index contributed by atoms with van der Waals surface area (Å²) in [5, 5.41) is 19.8. The van der Waals surface area contributed by atoms with Gasteiger partial charge in [0, 0.05) is 37.8 Å². The lowest BCUT2D eigenvalue weighted by molar-refractivity contribution is -0.146. The Morgan fingerprint density at radius 3 is 2.94 bits per heavy atom. The van der Waals surface area contributed by atoms with Crippen molar-refractivity contribution in [2.75, 3.05) is 32.0 Å². The number of rotatable bonds is 5. The Balaban J connectivity index is 1.50. The molecule has 34 heavy (non-hydrogen) atoms. The van der Waals surface area contributed by atoms with Crippen molar-refractivity contribution in [3.63, 3.8) is 0 Å². The van der Waals surface area contributed by atoms with E-state index >= 15 is 0 Å². The summed E-state index contributed by atoms with van der Waals surface area (Å²) in [6.07, 6.45) is -2.69. The molecule has 1 atom stereocenters. The van der Waals surface area contributed by atoms with Crippen LogP contribution in [0.3, 0.4) is 0 Å². The fourth-order valence-corrected chi connectivity index (χ4v) is 3.96. The van der Waals surface area contributed by atoms with Gasteiger partial charge >= 0.3 is 6.03 Å². The van der Waals surface area contributed by atoms with Crippen molar-refractivity contribution in [2.45, 2.75) is 32.0 Å². The molecule has 0 saturated carbocycles. The molecule has 2 aromatic rings. The number of nitriles is 1. The molecule has 0 radical (unpaired) electrons.